The van der Waals surface area contributed by atoms with Gasteiger partial charge in [-0.2, -0.15) is 0 Å². The predicted molar refractivity (Wildman–Crippen MR) is 104 cm³/mol. The second-order valence-electron chi connectivity index (χ2n) is 6.33. The van der Waals surface area contributed by atoms with Crippen molar-refractivity contribution >= 4 is 21.7 Å². The molecule has 0 aromatic heterocycles. The standard InChI is InChI=1S/C20H24N2O4S/c1-4-21-19(23)16-9-7-8-15(12-16)13-22-20(24)17-10-5-6-11-18(17)27(25,26)14(2)3/h5-12,14H,4,13H2,1-3H3,(H,21,23)(H,22,24). The highest BCUT2D eigenvalue weighted by atomic mass is 32.2. The molecule has 0 saturated carbocycles. The summed E-state index contributed by atoms with van der Waals surface area (Å²) in [5.41, 5.74) is 1.37. The maximum atomic E-state index is 12.6. The summed E-state index contributed by atoms with van der Waals surface area (Å²) in [7, 11) is -3.57. The molecule has 144 valence electrons. The van der Waals surface area contributed by atoms with Crippen molar-refractivity contribution < 1.29 is 18.0 Å². The molecular formula is C20H24N2O4S. The van der Waals surface area contributed by atoms with Crippen LogP contribution in [0.1, 0.15) is 47.1 Å². The fraction of sp³-hybridized carbons (Fsp3) is 0.300. The van der Waals surface area contributed by atoms with Gasteiger partial charge in [-0.25, -0.2) is 8.42 Å². The van der Waals surface area contributed by atoms with Crippen molar-refractivity contribution in [3.63, 3.8) is 0 Å². The molecule has 7 heteroatoms. The van der Waals surface area contributed by atoms with Crippen LogP contribution in [0.15, 0.2) is 53.4 Å². The molecule has 0 radical (unpaired) electrons. The minimum absolute atomic E-state index is 0.0218. The average Bonchev–Trinajstić information content (AvgIpc) is 2.66. The Balaban J connectivity index is 2.18. The van der Waals surface area contributed by atoms with Gasteiger partial charge in [0.25, 0.3) is 11.8 Å². The van der Waals surface area contributed by atoms with Gasteiger partial charge in [-0.3, -0.25) is 9.59 Å². The molecule has 0 atom stereocenters. The van der Waals surface area contributed by atoms with E-state index in [4.69, 9.17) is 0 Å². The van der Waals surface area contributed by atoms with Crippen molar-refractivity contribution in [1.29, 1.82) is 0 Å². The maximum absolute atomic E-state index is 12.6. The lowest BCUT2D eigenvalue weighted by molar-refractivity contribution is 0.0944. The van der Waals surface area contributed by atoms with E-state index in [0.29, 0.717) is 12.1 Å². The fourth-order valence-corrected chi connectivity index (χ4v) is 3.76. The minimum Gasteiger partial charge on any atom is -0.352 e. The van der Waals surface area contributed by atoms with Gasteiger partial charge in [0.2, 0.25) is 0 Å². The first-order valence-corrected chi connectivity index (χ1v) is 10.3. The summed E-state index contributed by atoms with van der Waals surface area (Å²) in [4.78, 5) is 24.5. The summed E-state index contributed by atoms with van der Waals surface area (Å²) in [6, 6.07) is 13.1. The summed E-state index contributed by atoms with van der Waals surface area (Å²) in [6.07, 6.45) is 0. The molecule has 6 nitrogen and oxygen atoms in total. The van der Waals surface area contributed by atoms with Crippen LogP contribution in [-0.2, 0) is 16.4 Å². The highest BCUT2D eigenvalue weighted by Crippen LogP contribution is 2.20. The number of carbonyl (C=O) groups is 2. The Morgan fingerprint density at radius 2 is 1.67 bits per heavy atom. The second kappa shape index (κ2) is 8.81. The number of benzene rings is 2. The van der Waals surface area contributed by atoms with Crippen LogP contribution in [0.2, 0.25) is 0 Å². The van der Waals surface area contributed by atoms with Crippen molar-refractivity contribution in [3.8, 4) is 0 Å². The molecule has 0 heterocycles. The van der Waals surface area contributed by atoms with Crippen molar-refractivity contribution in [3.05, 3.63) is 65.2 Å². The van der Waals surface area contributed by atoms with E-state index >= 15 is 0 Å². The number of nitrogens with one attached hydrogen (secondary N) is 2. The molecule has 2 rings (SSSR count). The van der Waals surface area contributed by atoms with Crippen LogP contribution in [0.25, 0.3) is 0 Å². The number of hydrogen-bond donors (Lipinski definition) is 2. The maximum Gasteiger partial charge on any atom is 0.252 e. The van der Waals surface area contributed by atoms with Gasteiger partial charge in [0.1, 0.15) is 0 Å². The van der Waals surface area contributed by atoms with E-state index in [1.54, 1.807) is 50.2 Å². The van der Waals surface area contributed by atoms with Crippen LogP contribution in [0, 0.1) is 0 Å². The summed E-state index contributed by atoms with van der Waals surface area (Å²) < 4.78 is 25.0. The van der Waals surface area contributed by atoms with E-state index in [0.717, 1.165) is 5.56 Å². The van der Waals surface area contributed by atoms with E-state index in [2.05, 4.69) is 10.6 Å². The van der Waals surface area contributed by atoms with E-state index in [-0.39, 0.29) is 22.9 Å². The lowest BCUT2D eigenvalue weighted by Crippen LogP contribution is -2.26. The van der Waals surface area contributed by atoms with Gasteiger partial charge in [-0.15, -0.1) is 0 Å². The Morgan fingerprint density at radius 1 is 0.963 bits per heavy atom. The molecular weight excluding hydrogens is 364 g/mol. The largest absolute Gasteiger partial charge is 0.352 e. The first kappa shape index (κ1) is 20.6. The molecule has 0 aliphatic rings. The van der Waals surface area contributed by atoms with Crippen molar-refractivity contribution in [2.45, 2.75) is 37.5 Å². The average molecular weight is 388 g/mol. The Labute approximate surface area is 159 Å². The van der Waals surface area contributed by atoms with Gasteiger partial charge in [-0.05, 0) is 50.6 Å². The SMILES string of the molecule is CCNC(=O)c1cccc(CNC(=O)c2ccccc2S(=O)(=O)C(C)C)c1. The summed E-state index contributed by atoms with van der Waals surface area (Å²) in [6.45, 7) is 5.71. The normalized spacial score (nSPS) is 11.3. The van der Waals surface area contributed by atoms with Crippen molar-refractivity contribution in [2.24, 2.45) is 0 Å². The van der Waals surface area contributed by atoms with E-state index in [9.17, 15) is 18.0 Å². The molecule has 2 aromatic rings. The summed E-state index contributed by atoms with van der Waals surface area (Å²) >= 11 is 0. The molecule has 2 amide bonds. The van der Waals surface area contributed by atoms with Crippen molar-refractivity contribution in [1.82, 2.24) is 10.6 Å². The molecule has 0 saturated heterocycles. The summed E-state index contributed by atoms with van der Waals surface area (Å²) in [5.74, 6) is -0.655. The Hall–Kier alpha value is -2.67. The van der Waals surface area contributed by atoms with Gasteiger partial charge >= 0.3 is 0 Å². The summed E-state index contributed by atoms with van der Waals surface area (Å²) in [5, 5.41) is 4.83. The zero-order valence-corrected chi connectivity index (χ0v) is 16.5. The van der Waals surface area contributed by atoms with Gasteiger partial charge in [0.05, 0.1) is 15.7 Å². The van der Waals surface area contributed by atoms with Gasteiger partial charge in [-0.1, -0.05) is 24.3 Å². The fourth-order valence-electron chi connectivity index (χ4n) is 2.52. The van der Waals surface area contributed by atoms with Crippen LogP contribution >= 0.6 is 0 Å². The molecule has 0 aliphatic heterocycles. The molecule has 0 bridgehead atoms. The van der Waals surface area contributed by atoms with Gasteiger partial charge in [0.15, 0.2) is 9.84 Å². The zero-order chi connectivity index (χ0) is 20.0. The van der Waals surface area contributed by atoms with E-state index < -0.39 is 21.0 Å². The Kier molecular flexibility index (Phi) is 6.74. The first-order chi connectivity index (χ1) is 12.8. The zero-order valence-electron chi connectivity index (χ0n) is 15.7. The predicted octanol–water partition coefficient (Wildman–Crippen LogP) is 2.55. The van der Waals surface area contributed by atoms with Crippen LogP contribution in [0.3, 0.4) is 0 Å². The highest BCUT2D eigenvalue weighted by Gasteiger charge is 2.25. The number of carbonyl (C=O) groups excluding carboxylic acids is 2. The highest BCUT2D eigenvalue weighted by molar-refractivity contribution is 7.92. The smallest absolute Gasteiger partial charge is 0.252 e. The number of hydrogen-bond acceptors (Lipinski definition) is 4. The first-order valence-electron chi connectivity index (χ1n) is 8.75. The lowest BCUT2D eigenvalue weighted by atomic mass is 10.1. The number of sulfone groups is 1. The molecule has 0 aliphatic carbocycles. The number of amides is 2. The van der Waals surface area contributed by atoms with E-state index in [1.165, 1.54) is 12.1 Å². The molecule has 2 N–H and O–H groups in total. The minimum atomic E-state index is -3.57. The topological polar surface area (TPSA) is 92.3 Å². The van der Waals surface area contributed by atoms with Crippen LogP contribution in [0.5, 0.6) is 0 Å². The Bertz CT molecular complexity index is 937. The quantitative estimate of drug-likeness (QED) is 0.762. The number of rotatable bonds is 7. The molecule has 2 aromatic carbocycles. The lowest BCUT2D eigenvalue weighted by Gasteiger charge is -2.13. The van der Waals surface area contributed by atoms with Gasteiger partial charge in [0, 0.05) is 18.7 Å². The molecule has 27 heavy (non-hydrogen) atoms. The third-order valence-corrected chi connectivity index (χ3v) is 6.25. The van der Waals surface area contributed by atoms with Crippen LogP contribution < -0.4 is 10.6 Å². The van der Waals surface area contributed by atoms with Gasteiger partial charge < -0.3 is 10.6 Å². The molecule has 0 unspecified atom stereocenters. The molecule has 0 fully saturated rings. The second-order valence-corrected chi connectivity index (χ2v) is 8.81. The Morgan fingerprint density at radius 3 is 2.33 bits per heavy atom. The third-order valence-electron chi connectivity index (χ3n) is 4.04. The van der Waals surface area contributed by atoms with E-state index in [1.807, 2.05) is 6.92 Å². The van der Waals surface area contributed by atoms with Crippen LogP contribution in [-0.4, -0.2) is 32.0 Å². The van der Waals surface area contributed by atoms with Crippen molar-refractivity contribution in [2.75, 3.05) is 6.54 Å². The molecule has 0 spiro atoms. The third kappa shape index (κ3) is 4.95. The monoisotopic (exact) mass is 388 g/mol. The van der Waals surface area contributed by atoms with Crippen LogP contribution in [0.4, 0.5) is 0 Å².